The maximum Gasteiger partial charge on any atom is 0.251 e. The second-order valence-electron chi connectivity index (χ2n) is 3.82. The molecule has 0 radical (unpaired) electrons. The normalized spacial score (nSPS) is 27.1. The summed E-state index contributed by atoms with van der Waals surface area (Å²) in [7, 11) is 3.22. The minimum Gasteiger partial charge on any atom is -0.377 e. The fourth-order valence-corrected chi connectivity index (χ4v) is 1.70. The van der Waals surface area contributed by atoms with E-state index in [1.54, 1.807) is 11.9 Å². The Morgan fingerprint density at radius 1 is 1.50 bits per heavy atom. The Labute approximate surface area is 105 Å². The molecule has 0 aromatic rings. The molecular weight excluding hydrogens is 240 g/mol. The monoisotopic (exact) mass is 256 g/mol. The number of imide groups is 1. The molecule has 0 aromatic carbocycles. The van der Waals surface area contributed by atoms with Crippen LogP contribution < -0.4 is 5.32 Å². The Bertz CT molecular complexity index is 344. The number of carbonyl (C=O) groups is 3. The lowest BCUT2D eigenvalue weighted by molar-refractivity contribution is -0.124. The van der Waals surface area contributed by atoms with Gasteiger partial charge in [0.1, 0.15) is 18.5 Å². The average molecular weight is 256 g/mol. The van der Waals surface area contributed by atoms with E-state index >= 15 is 0 Å². The first-order chi connectivity index (χ1) is 8.62. The molecule has 0 saturated carbocycles. The van der Waals surface area contributed by atoms with Crippen LogP contribution in [-0.2, 0) is 23.9 Å². The minimum absolute atomic E-state index is 0.246. The summed E-state index contributed by atoms with van der Waals surface area (Å²) in [6, 6.07) is 0. The summed E-state index contributed by atoms with van der Waals surface area (Å²) in [5.41, 5.74) is 0. The Morgan fingerprint density at radius 3 is 2.78 bits per heavy atom. The summed E-state index contributed by atoms with van der Waals surface area (Å²) in [6.07, 6.45) is 2.97. The van der Waals surface area contributed by atoms with E-state index in [4.69, 9.17) is 9.47 Å². The van der Waals surface area contributed by atoms with Crippen LogP contribution in [0.2, 0.25) is 0 Å². The Morgan fingerprint density at radius 2 is 2.22 bits per heavy atom. The molecule has 100 valence electrons. The Kier molecular flexibility index (Phi) is 5.47. The van der Waals surface area contributed by atoms with Crippen molar-refractivity contribution in [1.29, 1.82) is 0 Å². The first kappa shape index (κ1) is 14.3. The van der Waals surface area contributed by atoms with Gasteiger partial charge < -0.3 is 19.2 Å². The van der Waals surface area contributed by atoms with Crippen molar-refractivity contribution in [3.05, 3.63) is 12.3 Å². The second kappa shape index (κ2) is 6.87. The van der Waals surface area contributed by atoms with Crippen LogP contribution in [0, 0.1) is 0 Å². The zero-order chi connectivity index (χ0) is 13.5. The molecule has 1 heterocycles. The molecule has 1 N–H and O–H groups in total. The Hall–Kier alpha value is -1.73. The standard InChI is InChI=1S/C11H16N2O5/c1-13(4-3-10(16)12-7-15)11-9(17-2)5-8(6-14)18-11/h3-4,6-9,11H,5H2,1-2H3,(H,12,15,16)/b4-3-. The van der Waals surface area contributed by atoms with Gasteiger partial charge in [0, 0.05) is 32.9 Å². The molecule has 7 heteroatoms. The van der Waals surface area contributed by atoms with Crippen LogP contribution in [0.5, 0.6) is 0 Å². The van der Waals surface area contributed by atoms with Gasteiger partial charge >= 0.3 is 0 Å². The predicted molar refractivity (Wildman–Crippen MR) is 61.2 cm³/mol. The zero-order valence-corrected chi connectivity index (χ0v) is 10.2. The van der Waals surface area contributed by atoms with Crippen molar-refractivity contribution in [2.45, 2.75) is 24.9 Å². The molecule has 18 heavy (non-hydrogen) atoms. The maximum absolute atomic E-state index is 11.0. The van der Waals surface area contributed by atoms with E-state index < -0.39 is 18.2 Å². The number of nitrogens with one attached hydrogen (secondary N) is 1. The SMILES string of the molecule is COC1CC(C=O)OC1N(C)/C=C\C(=O)NC=O. The molecule has 3 atom stereocenters. The van der Waals surface area contributed by atoms with E-state index in [0.717, 1.165) is 6.29 Å². The van der Waals surface area contributed by atoms with Crippen molar-refractivity contribution in [3.8, 4) is 0 Å². The molecule has 1 aliphatic rings. The molecule has 7 nitrogen and oxygen atoms in total. The second-order valence-corrected chi connectivity index (χ2v) is 3.82. The fourth-order valence-electron chi connectivity index (χ4n) is 1.70. The third-order valence-corrected chi connectivity index (χ3v) is 2.62. The van der Waals surface area contributed by atoms with Crippen LogP contribution >= 0.6 is 0 Å². The number of methoxy groups -OCH3 is 1. The number of ether oxygens (including phenoxy) is 2. The Balaban J connectivity index is 2.59. The number of amides is 2. The van der Waals surface area contributed by atoms with Crippen molar-refractivity contribution in [1.82, 2.24) is 10.2 Å². The molecule has 1 fully saturated rings. The van der Waals surface area contributed by atoms with Gasteiger partial charge in [0.25, 0.3) is 5.91 Å². The van der Waals surface area contributed by atoms with Crippen molar-refractivity contribution < 1.29 is 23.9 Å². The van der Waals surface area contributed by atoms with Gasteiger partial charge in [-0.05, 0) is 0 Å². The molecule has 0 bridgehead atoms. The molecule has 0 spiro atoms. The summed E-state index contributed by atoms with van der Waals surface area (Å²) in [4.78, 5) is 33.4. The third kappa shape index (κ3) is 3.64. The smallest absolute Gasteiger partial charge is 0.251 e. The summed E-state index contributed by atoms with van der Waals surface area (Å²) >= 11 is 0. The highest BCUT2D eigenvalue weighted by Gasteiger charge is 2.36. The summed E-state index contributed by atoms with van der Waals surface area (Å²) in [5, 5.41) is 1.98. The van der Waals surface area contributed by atoms with E-state index in [1.807, 2.05) is 5.32 Å². The van der Waals surface area contributed by atoms with Crippen LogP contribution in [0.3, 0.4) is 0 Å². The van der Waals surface area contributed by atoms with Crippen molar-refractivity contribution in [2.24, 2.45) is 0 Å². The number of hydrogen-bond acceptors (Lipinski definition) is 6. The van der Waals surface area contributed by atoms with E-state index in [2.05, 4.69) is 0 Å². The molecule has 0 aliphatic carbocycles. The van der Waals surface area contributed by atoms with Crippen molar-refractivity contribution >= 4 is 18.6 Å². The molecule has 0 aromatic heterocycles. The van der Waals surface area contributed by atoms with Gasteiger partial charge in [0.05, 0.1) is 0 Å². The molecule has 3 unspecified atom stereocenters. The van der Waals surface area contributed by atoms with Gasteiger partial charge in [-0.2, -0.15) is 0 Å². The van der Waals surface area contributed by atoms with Crippen molar-refractivity contribution in [2.75, 3.05) is 14.2 Å². The first-order valence-electron chi connectivity index (χ1n) is 5.40. The van der Waals surface area contributed by atoms with Gasteiger partial charge in [-0.25, -0.2) is 0 Å². The highest BCUT2D eigenvalue weighted by atomic mass is 16.6. The first-order valence-corrected chi connectivity index (χ1v) is 5.40. The lowest BCUT2D eigenvalue weighted by atomic mass is 10.2. The number of carbonyl (C=O) groups excluding carboxylic acids is 3. The summed E-state index contributed by atoms with van der Waals surface area (Å²) < 4.78 is 10.7. The van der Waals surface area contributed by atoms with Gasteiger partial charge in [-0.1, -0.05) is 0 Å². The van der Waals surface area contributed by atoms with Gasteiger partial charge in [-0.15, -0.1) is 0 Å². The highest BCUT2D eigenvalue weighted by molar-refractivity contribution is 5.94. The highest BCUT2D eigenvalue weighted by Crippen LogP contribution is 2.23. The number of hydrogen-bond donors (Lipinski definition) is 1. The van der Waals surface area contributed by atoms with Crippen LogP contribution in [0.15, 0.2) is 12.3 Å². The van der Waals surface area contributed by atoms with E-state index in [0.29, 0.717) is 12.8 Å². The predicted octanol–water partition coefficient (Wildman–Crippen LogP) is -0.967. The quantitative estimate of drug-likeness (QED) is 0.486. The lowest BCUT2D eigenvalue weighted by Gasteiger charge is -2.26. The van der Waals surface area contributed by atoms with Crippen LogP contribution in [0.4, 0.5) is 0 Å². The van der Waals surface area contributed by atoms with Crippen LogP contribution in [0.25, 0.3) is 0 Å². The maximum atomic E-state index is 11.0. The summed E-state index contributed by atoms with van der Waals surface area (Å²) in [6.45, 7) is 0. The lowest BCUT2D eigenvalue weighted by Crippen LogP contribution is -2.36. The van der Waals surface area contributed by atoms with Crippen molar-refractivity contribution in [3.63, 3.8) is 0 Å². The molecule has 1 aliphatic heterocycles. The minimum atomic E-state index is -0.532. The summed E-state index contributed by atoms with van der Waals surface area (Å²) in [5.74, 6) is -0.532. The topological polar surface area (TPSA) is 84.9 Å². The fraction of sp³-hybridized carbons (Fsp3) is 0.545. The largest absolute Gasteiger partial charge is 0.377 e. The number of aldehydes is 1. The van der Waals surface area contributed by atoms with Crippen LogP contribution in [-0.4, -0.2) is 56.1 Å². The third-order valence-electron chi connectivity index (χ3n) is 2.62. The number of rotatable bonds is 6. The number of nitrogens with zero attached hydrogens (tertiary/aromatic N) is 1. The van der Waals surface area contributed by atoms with Gasteiger partial charge in [-0.3, -0.25) is 14.9 Å². The van der Waals surface area contributed by atoms with E-state index in [-0.39, 0.29) is 6.10 Å². The van der Waals surface area contributed by atoms with E-state index in [1.165, 1.54) is 19.4 Å². The molecule has 1 rings (SSSR count). The average Bonchev–Trinajstić information content (AvgIpc) is 2.79. The van der Waals surface area contributed by atoms with Gasteiger partial charge in [0.2, 0.25) is 6.41 Å². The van der Waals surface area contributed by atoms with E-state index in [9.17, 15) is 14.4 Å². The van der Waals surface area contributed by atoms with Crippen LogP contribution in [0.1, 0.15) is 6.42 Å². The van der Waals surface area contributed by atoms with Gasteiger partial charge in [0.15, 0.2) is 6.23 Å². The molecular formula is C11H16N2O5. The zero-order valence-electron chi connectivity index (χ0n) is 10.2. The molecule has 2 amide bonds. The number of likely N-dealkylation sites (N-methyl/N-ethyl adjacent to an activating group) is 1. The molecule has 1 saturated heterocycles.